The Hall–Kier alpha value is -2.76. The number of aliphatic hydroxyl groups is 2. The summed E-state index contributed by atoms with van der Waals surface area (Å²) in [6.07, 6.45) is 6.77. The van der Waals surface area contributed by atoms with E-state index >= 15 is 0 Å². The van der Waals surface area contributed by atoms with Crippen LogP contribution in [0.4, 0.5) is 5.69 Å². The number of rotatable bonds is 10. The van der Waals surface area contributed by atoms with Gasteiger partial charge in [-0.15, -0.1) is 5.10 Å². The summed E-state index contributed by atoms with van der Waals surface area (Å²) in [5.74, 6) is -0.225. The number of aromatic nitrogens is 3. The lowest BCUT2D eigenvalue weighted by Gasteiger charge is -2.27. The van der Waals surface area contributed by atoms with Crippen molar-refractivity contribution in [2.24, 2.45) is 5.92 Å². The van der Waals surface area contributed by atoms with Gasteiger partial charge < -0.3 is 19.8 Å². The van der Waals surface area contributed by atoms with Crippen molar-refractivity contribution in [3.8, 4) is 5.75 Å². The topological polar surface area (TPSA) is 101 Å². The average molecular weight is 588 g/mol. The number of fused-ring (bicyclic) bond motifs is 1. The number of benzene rings is 2. The number of methoxy groups -OCH3 is 1. The monoisotopic (exact) mass is 588 g/mol. The van der Waals surface area contributed by atoms with Crippen LogP contribution in [0.15, 0.2) is 60.8 Å². The molecule has 3 aromatic rings. The van der Waals surface area contributed by atoms with Gasteiger partial charge in [-0.05, 0) is 64.9 Å². The van der Waals surface area contributed by atoms with Gasteiger partial charge in [0.15, 0.2) is 5.60 Å². The van der Waals surface area contributed by atoms with E-state index < -0.39 is 11.5 Å². The number of hydrogen-bond donors (Lipinski definition) is 2. The molecule has 2 aromatic carbocycles. The normalized spacial score (nSPS) is 18.3. The smallest absolute Gasteiger partial charge is 0.264 e. The van der Waals surface area contributed by atoms with E-state index in [0.717, 1.165) is 14.8 Å². The quantitative estimate of drug-likeness (QED) is 0.278. The number of aliphatic hydroxyl groups excluding tert-OH is 1. The minimum atomic E-state index is -1.70. The molecule has 8 nitrogen and oxygen atoms in total. The van der Waals surface area contributed by atoms with Crippen molar-refractivity contribution in [2.75, 3.05) is 18.6 Å². The Morgan fingerprint density at radius 1 is 1.23 bits per heavy atom. The number of aryl methyl sites for hydroxylation is 1. The van der Waals surface area contributed by atoms with Crippen molar-refractivity contribution in [3.05, 3.63) is 81.2 Å². The number of carbonyl (C=O) groups is 1. The van der Waals surface area contributed by atoms with Crippen LogP contribution in [0, 0.1) is 9.49 Å². The van der Waals surface area contributed by atoms with E-state index in [0.29, 0.717) is 42.9 Å². The third kappa shape index (κ3) is 5.26. The van der Waals surface area contributed by atoms with Crippen LogP contribution in [0.3, 0.4) is 0 Å². The van der Waals surface area contributed by atoms with Crippen molar-refractivity contribution in [3.63, 3.8) is 0 Å². The van der Waals surface area contributed by atoms with Crippen LogP contribution in [-0.2, 0) is 29.9 Å². The molecule has 2 heterocycles. The highest BCUT2D eigenvalue weighted by Gasteiger charge is 2.52. The molecule has 1 aliphatic rings. The minimum Gasteiger partial charge on any atom is -0.497 e. The molecule has 9 heteroatoms. The van der Waals surface area contributed by atoms with Crippen molar-refractivity contribution in [2.45, 2.75) is 38.5 Å². The van der Waals surface area contributed by atoms with Crippen molar-refractivity contribution in [1.82, 2.24) is 15.0 Å². The van der Waals surface area contributed by atoms with Gasteiger partial charge in [0.25, 0.3) is 5.91 Å². The maximum Gasteiger partial charge on any atom is 0.264 e. The van der Waals surface area contributed by atoms with E-state index in [-0.39, 0.29) is 12.5 Å². The highest BCUT2D eigenvalue weighted by atomic mass is 127. The first-order valence-electron chi connectivity index (χ1n) is 11.5. The van der Waals surface area contributed by atoms with E-state index in [9.17, 15) is 9.90 Å². The maximum absolute atomic E-state index is 13.7. The molecule has 2 atom stereocenters. The molecular weight excluding hydrogens is 559 g/mol. The average Bonchev–Trinajstić information content (AvgIpc) is 3.40. The Labute approximate surface area is 218 Å². The fourth-order valence-electron chi connectivity index (χ4n) is 4.31. The Bertz CT molecular complexity index is 1210. The summed E-state index contributed by atoms with van der Waals surface area (Å²) in [6.45, 7) is 2.87. The molecule has 0 unspecified atom stereocenters. The van der Waals surface area contributed by atoms with Gasteiger partial charge in [-0.3, -0.25) is 9.48 Å². The second-order valence-corrected chi connectivity index (χ2v) is 9.86. The highest BCUT2D eigenvalue weighted by Crippen LogP contribution is 2.47. The molecule has 2 N–H and O–H groups in total. The lowest BCUT2D eigenvalue weighted by atomic mass is 9.83. The number of anilines is 1. The molecule has 0 fully saturated rings. The van der Waals surface area contributed by atoms with Crippen LogP contribution in [0.5, 0.6) is 5.75 Å². The SMILES string of the molecule is COc1ccc2c(c1)[C@@](O)([C@H](C)/C=C/CCn1cc(CCO)nn1)C(=O)N2Cc1ccc(I)cc1. The zero-order chi connectivity index (χ0) is 25.0. The summed E-state index contributed by atoms with van der Waals surface area (Å²) in [4.78, 5) is 15.3. The number of hydrogen-bond acceptors (Lipinski definition) is 6. The number of carbonyl (C=O) groups excluding carboxylic acids is 1. The molecule has 0 saturated carbocycles. The first-order chi connectivity index (χ1) is 16.9. The van der Waals surface area contributed by atoms with Gasteiger partial charge in [0, 0.05) is 40.8 Å². The first kappa shape index (κ1) is 25.3. The van der Waals surface area contributed by atoms with Gasteiger partial charge in [0.05, 0.1) is 25.0 Å². The lowest BCUT2D eigenvalue weighted by Crippen LogP contribution is -2.44. The predicted octanol–water partition coefficient (Wildman–Crippen LogP) is 3.44. The van der Waals surface area contributed by atoms with Gasteiger partial charge in [0.1, 0.15) is 5.75 Å². The maximum atomic E-state index is 13.7. The second kappa shape index (κ2) is 10.9. The Kier molecular flexibility index (Phi) is 7.88. The second-order valence-electron chi connectivity index (χ2n) is 8.62. The summed E-state index contributed by atoms with van der Waals surface area (Å²) < 4.78 is 8.23. The number of halogens is 1. The van der Waals surface area contributed by atoms with Crippen LogP contribution in [-0.4, -0.2) is 44.8 Å². The van der Waals surface area contributed by atoms with Crippen LogP contribution in [0.1, 0.15) is 30.2 Å². The summed E-state index contributed by atoms with van der Waals surface area (Å²) in [5, 5.41) is 28.9. The summed E-state index contributed by atoms with van der Waals surface area (Å²) >= 11 is 2.25. The molecular formula is C26H29IN4O4. The molecule has 4 rings (SSSR count). The van der Waals surface area contributed by atoms with Gasteiger partial charge in [-0.25, -0.2) is 0 Å². The lowest BCUT2D eigenvalue weighted by molar-refractivity contribution is -0.139. The Morgan fingerprint density at radius 3 is 2.71 bits per heavy atom. The zero-order valence-electron chi connectivity index (χ0n) is 19.8. The summed E-state index contributed by atoms with van der Waals surface area (Å²) in [5.41, 5.74) is 1.27. The molecule has 0 saturated heterocycles. The predicted molar refractivity (Wildman–Crippen MR) is 141 cm³/mol. The number of allylic oxidation sites excluding steroid dienone is 1. The van der Waals surface area contributed by atoms with E-state index in [1.54, 1.807) is 22.8 Å². The molecule has 0 bridgehead atoms. The van der Waals surface area contributed by atoms with Crippen molar-refractivity contribution < 1.29 is 19.7 Å². The van der Waals surface area contributed by atoms with Crippen molar-refractivity contribution in [1.29, 1.82) is 0 Å². The van der Waals surface area contributed by atoms with E-state index in [4.69, 9.17) is 9.84 Å². The molecule has 35 heavy (non-hydrogen) atoms. The summed E-state index contributed by atoms with van der Waals surface area (Å²) in [7, 11) is 1.57. The van der Waals surface area contributed by atoms with E-state index in [1.807, 2.05) is 61.7 Å². The third-order valence-corrected chi connectivity index (χ3v) is 7.01. The summed E-state index contributed by atoms with van der Waals surface area (Å²) in [6, 6.07) is 13.4. The minimum absolute atomic E-state index is 0.0373. The molecule has 0 aliphatic carbocycles. The Balaban J connectivity index is 1.54. The molecule has 0 spiro atoms. The number of nitrogens with zero attached hydrogens (tertiary/aromatic N) is 4. The molecule has 184 valence electrons. The fraction of sp³-hybridized carbons (Fsp3) is 0.346. The van der Waals surface area contributed by atoms with Gasteiger partial charge in [-0.2, -0.15) is 0 Å². The Morgan fingerprint density at radius 2 is 2.00 bits per heavy atom. The largest absolute Gasteiger partial charge is 0.497 e. The van der Waals surface area contributed by atoms with E-state index in [1.165, 1.54) is 0 Å². The van der Waals surface area contributed by atoms with E-state index in [2.05, 4.69) is 32.9 Å². The van der Waals surface area contributed by atoms with Crippen LogP contribution < -0.4 is 9.64 Å². The fourth-order valence-corrected chi connectivity index (χ4v) is 4.67. The van der Waals surface area contributed by atoms with Gasteiger partial charge in [0.2, 0.25) is 0 Å². The highest BCUT2D eigenvalue weighted by molar-refractivity contribution is 14.1. The molecule has 1 amide bonds. The van der Waals surface area contributed by atoms with Gasteiger partial charge >= 0.3 is 0 Å². The number of ether oxygens (including phenoxy) is 1. The molecule has 1 aliphatic heterocycles. The standard InChI is InChI=1S/C26H29IN4O4/c1-18(5-3-4-13-30-17-21(12-14-32)28-29-30)26(34)23-15-22(35-2)10-11-24(23)31(25(26)33)16-19-6-8-20(27)9-7-19/h3,5-11,15,17-18,32,34H,4,12-14,16H2,1-2H3/b5-3+/t18-,26+/m1/s1. The van der Waals surface area contributed by atoms with Gasteiger partial charge in [-0.1, -0.05) is 36.4 Å². The first-order valence-corrected chi connectivity index (χ1v) is 12.6. The third-order valence-electron chi connectivity index (χ3n) is 6.29. The zero-order valence-corrected chi connectivity index (χ0v) is 21.9. The van der Waals surface area contributed by atoms with Crippen LogP contribution in [0.2, 0.25) is 0 Å². The molecule has 1 aromatic heterocycles. The van der Waals surface area contributed by atoms with Crippen LogP contribution in [0.25, 0.3) is 0 Å². The number of amides is 1. The molecule has 0 radical (unpaired) electrons. The van der Waals surface area contributed by atoms with Crippen molar-refractivity contribution >= 4 is 34.2 Å². The van der Waals surface area contributed by atoms with Crippen LogP contribution >= 0.6 is 22.6 Å².